The van der Waals surface area contributed by atoms with Crippen molar-refractivity contribution in [1.82, 2.24) is 9.62 Å². The molecule has 0 bridgehead atoms. The van der Waals surface area contributed by atoms with Crippen LogP contribution < -0.4 is 5.32 Å². The quantitative estimate of drug-likeness (QED) is 0.671. The van der Waals surface area contributed by atoms with E-state index in [0.717, 1.165) is 12.1 Å². The zero-order chi connectivity index (χ0) is 21.0. The first-order chi connectivity index (χ1) is 13.8. The fourth-order valence-electron chi connectivity index (χ4n) is 2.95. The summed E-state index contributed by atoms with van der Waals surface area (Å²) >= 11 is 11.6. The lowest BCUT2D eigenvalue weighted by Crippen LogP contribution is -2.41. The van der Waals surface area contributed by atoms with Gasteiger partial charge in [-0.3, -0.25) is 4.79 Å². The zero-order valence-electron chi connectivity index (χ0n) is 15.3. The average molecular weight is 461 g/mol. The van der Waals surface area contributed by atoms with Crippen molar-refractivity contribution >= 4 is 39.1 Å². The molecule has 6 nitrogen and oxygen atoms in total. The molecular weight excluding hydrogens is 442 g/mol. The standard InChI is InChI=1S/C19H19Cl2FN2O4S/c20-16-10-17(21)18(22)9-15(16)19(25)23-11-13-3-1-2-4-14(13)12-29(26,27)24-5-7-28-8-6-24/h1-4,9-10H,5-8,11-12H2,(H,23,25). The first-order valence-electron chi connectivity index (χ1n) is 8.83. The molecule has 3 rings (SSSR count). The number of carbonyl (C=O) groups is 1. The molecule has 1 saturated heterocycles. The SMILES string of the molecule is O=C(NCc1ccccc1CS(=O)(=O)N1CCOCC1)c1cc(F)c(Cl)cc1Cl. The maximum Gasteiger partial charge on any atom is 0.253 e. The van der Waals surface area contributed by atoms with Crippen LogP contribution in [0.5, 0.6) is 0 Å². The van der Waals surface area contributed by atoms with Gasteiger partial charge >= 0.3 is 0 Å². The molecule has 1 aliphatic rings. The molecule has 0 unspecified atom stereocenters. The van der Waals surface area contributed by atoms with Crippen LogP contribution in [0.15, 0.2) is 36.4 Å². The lowest BCUT2D eigenvalue weighted by atomic mass is 10.1. The Hall–Kier alpha value is -1.71. The van der Waals surface area contributed by atoms with E-state index in [9.17, 15) is 17.6 Å². The summed E-state index contributed by atoms with van der Waals surface area (Å²) in [5.74, 6) is -1.52. The van der Waals surface area contributed by atoms with Crippen molar-refractivity contribution in [2.75, 3.05) is 26.3 Å². The fourth-order valence-corrected chi connectivity index (χ4v) is 4.98. The Kier molecular flexibility index (Phi) is 7.13. The molecule has 1 amide bonds. The smallest absolute Gasteiger partial charge is 0.253 e. The van der Waals surface area contributed by atoms with Crippen LogP contribution in [0.1, 0.15) is 21.5 Å². The number of benzene rings is 2. The van der Waals surface area contributed by atoms with Gasteiger partial charge in [-0.2, -0.15) is 4.31 Å². The number of nitrogens with one attached hydrogen (secondary N) is 1. The molecule has 156 valence electrons. The van der Waals surface area contributed by atoms with Crippen molar-refractivity contribution in [2.24, 2.45) is 0 Å². The number of nitrogens with zero attached hydrogens (tertiary/aromatic N) is 1. The van der Waals surface area contributed by atoms with Gasteiger partial charge in [0.1, 0.15) is 5.82 Å². The normalized spacial score (nSPS) is 15.3. The lowest BCUT2D eigenvalue weighted by Gasteiger charge is -2.26. The van der Waals surface area contributed by atoms with Gasteiger partial charge in [0.15, 0.2) is 0 Å². The van der Waals surface area contributed by atoms with Crippen molar-refractivity contribution in [3.63, 3.8) is 0 Å². The fraction of sp³-hybridized carbons (Fsp3) is 0.316. The summed E-state index contributed by atoms with van der Waals surface area (Å²) in [4.78, 5) is 12.4. The molecule has 0 aliphatic carbocycles. The summed E-state index contributed by atoms with van der Waals surface area (Å²) in [5, 5.41) is 2.50. The van der Waals surface area contributed by atoms with Gasteiger partial charge in [0.25, 0.3) is 5.91 Å². The Morgan fingerprint density at radius 3 is 2.45 bits per heavy atom. The van der Waals surface area contributed by atoms with Gasteiger partial charge in [0.2, 0.25) is 10.0 Å². The summed E-state index contributed by atoms with van der Waals surface area (Å²) in [7, 11) is -3.51. The minimum Gasteiger partial charge on any atom is -0.379 e. The zero-order valence-corrected chi connectivity index (χ0v) is 17.7. The molecule has 0 aromatic heterocycles. The summed E-state index contributed by atoms with van der Waals surface area (Å²) in [6.45, 7) is 1.45. The molecule has 0 atom stereocenters. The Morgan fingerprint density at radius 2 is 1.76 bits per heavy atom. The Labute approximate surface area is 178 Å². The summed E-state index contributed by atoms with van der Waals surface area (Å²) in [6.07, 6.45) is 0. The van der Waals surface area contributed by atoms with Crippen LogP contribution in [0.4, 0.5) is 4.39 Å². The molecule has 0 saturated carbocycles. The van der Waals surface area contributed by atoms with E-state index in [2.05, 4.69) is 5.32 Å². The Balaban J connectivity index is 1.72. The molecular formula is C19H19Cl2FN2O4S. The number of carbonyl (C=O) groups excluding carboxylic acids is 1. The van der Waals surface area contributed by atoms with E-state index in [0.29, 0.717) is 37.4 Å². The number of sulfonamides is 1. The van der Waals surface area contributed by atoms with Crippen molar-refractivity contribution < 1.29 is 22.3 Å². The van der Waals surface area contributed by atoms with Gasteiger partial charge < -0.3 is 10.1 Å². The topological polar surface area (TPSA) is 75.7 Å². The van der Waals surface area contributed by atoms with Gasteiger partial charge in [0.05, 0.1) is 34.6 Å². The molecule has 0 spiro atoms. The second kappa shape index (κ2) is 9.40. The molecule has 2 aromatic carbocycles. The van der Waals surface area contributed by atoms with E-state index in [-0.39, 0.29) is 27.9 Å². The number of ether oxygens (including phenoxy) is 1. The summed E-state index contributed by atoms with van der Waals surface area (Å²) < 4.78 is 45.6. The van der Waals surface area contributed by atoms with Crippen LogP contribution >= 0.6 is 23.2 Å². The molecule has 0 radical (unpaired) electrons. The first-order valence-corrected chi connectivity index (χ1v) is 11.2. The van der Waals surface area contributed by atoms with Crippen molar-refractivity contribution in [3.8, 4) is 0 Å². The number of amides is 1. The third-order valence-electron chi connectivity index (χ3n) is 4.51. The first kappa shape index (κ1) is 22.0. The Bertz CT molecular complexity index is 1010. The minimum atomic E-state index is -3.51. The maximum atomic E-state index is 13.7. The monoisotopic (exact) mass is 460 g/mol. The van der Waals surface area contributed by atoms with E-state index in [4.69, 9.17) is 27.9 Å². The van der Waals surface area contributed by atoms with E-state index in [1.165, 1.54) is 4.31 Å². The third kappa shape index (κ3) is 5.46. The van der Waals surface area contributed by atoms with Crippen LogP contribution in [0.2, 0.25) is 10.0 Å². The Morgan fingerprint density at radius 1 is 1.10 bits per heavy atom. The van der Waals surface area contributed by atoms with E-state index < -0.39 is 21.7 Å². The maximum absolute atomic E-state index is 13.7. The van der Waals surface area contributed by atoms with Crippen LogP contribution in [-0.4, -0.2) is 44.9 Å². The molecule has 10 heteroatoms. The van der Waals surface area contributed by atoms with Crippen LogP contribution in [0.3, 0.4) is 0 Å². The highest BCUT2D eigenvalue weighted by atomic mass is 35.5. The van der Waals surface area contributed by atoms with Crippen LogP contribution in [0.25, 0.3) is 0 Å². The second-order valence-corrected chi connectivity index (χ2v) is 9.25. The molecule has 1 aliphatic heterocycles. The number of hydrogen-bond donors (Lipinski definition) is 1. The number of rotatable bonds is 6. The van der Waals surface area contributed by atoms with Gasteiger partial charge in [-0.05, 0) is 23.3 Å². The van der Waals surface area contributed by atoms with E-state index in [1.54, 1.807) is 24.3 Å². The predicted octanol–water partition coefficient (Wildman–Crippen LogP) is 3.22. The van der Waals surface area contributed by atoms with Crippen molar-refractivity contribution in [2.45, 2.75) is 12.3 Å². The van der Waals surface area contributed by atoms with Gasteiger partial charge in [-0.1, -0.05) is 47.5 Å². The average Bonchev–Trinajstić information content (AvgIpc) is 2.70. The van der Waals surface area contributed by atoms with E-state index >= 15 is 0 Å². The summed E-state index contributed by atoms with van der Waals surface area (Å²) in [5.41, 5.74) is 1.17. The molecule has 2 aromatic rings. The molecule has 1 heterocycles. The highest BCUT2D eigenvalue weighted by Crippen LogP contribution is 2.24. The van der Waals surface area contributed by atoms with Crippen LogP contribution in [-0.2, 0) is 27.1 Å². The predicted molar refractivity (Wildman–Crippen MR) is 109 cm³/mol. The molecule has 1 fully saturated rings. The summed E-state index contributed by atoms with van der Waals surface area (Å²) in [6, 6.07) is 9.05. The number of halogens is 3. The van der Waals surface area contributed by atoms with Crippen molar-refractivity contribution in [1.29, 1.82) is 0 Å². The van der Waals surface area contributed by atoms with E-state index in [1.807, 2.05) is 0 Å². The van der Waals surface area contributed by atoms with Gasteiger partial charge in [-0.25, -0.2) is 12.8 Å². The second-order valence-electron chi connectivity index (χ2n) is 6.47. The highest BCUT2D eigenvalue weighted by Gasteiger charge is 2.25. The highest BCUT2D eigenvalue weighted by molar-refractivity contribution is 7.88. The number of morpholine rings is 1. The molecule has 29 heavy (non-hydrogen) atoms. The van der Waals surface area contributed by atoms with Gasteiger partial charge in [0, 0.05) is 19.6 Å². The number of hydrogen-bond acceptors (Lipinski definition) is 4. The minimum absolute atomic E-state index is 0.0251. The lowest BCUT2D eigenvalue weighted by molar-refractivity contribution is 0.0729. The largest absolute Gasteiger partial charge is 0.379 e. The third-order valence-corrected chi connectivity index (χ3v) is 6.94. The molecule has 1 N–H and O–H groups in total. The van der Waals surface area contributed by atoms with Crippen LogP contribution in [0, 0.1) is 5.82 Å². The van der Waals surface area contributed by atoms with Crippen molar-refractivity contribution in [3.05, 3.63) is 69.0 Å². The van der Waals surface area contributed by atoms with Gasteiger partial charge in [-0.15, -0.1) is 0 Å².